The van der Waals surface area contributed by atoms with Crippen LogP contribution in [0.5, 0.6) is 0 Å². The molecule has 0 saturated carbocycles. The fraction of sp³-hybridized carbons (Fsp3) is 0.571. The summed E-state index contributed by atoms with van der Waals surface area (Å²) in [5, 5.41) is 3.83. The molecule has 0 bridgehead atoms. The Morgan fingerprint density at radius 1 is 1.35 bits per heavy atom. The van der Waals surface area contributed by atoms with Gasteiger partial charge in [0.25, 0.3) is 0 Å². The molecule has 1 aliphatic rings. The third kappa shape index (κ3) is 4.45. The number of hydrogen-bond donors (Lipinski definition) is 2. The summed E-state index contributed by atoms with van der Waals surface area (Å²) in [5.74, 6) is 0.441. The van der Waals surface area contributed by atoms with Crippen LogP contribution >= 0.6 is 11.6 Å². The van der Waals surface area contributed by atoms with Crippen LogP contribution in [0, 0.1) is 5.92 Å². The Kier molecular flexibility index (Phi) is 5.43. The Hall–Kier alpha value is -0.620. The lowest BCUT2D eigenvalue weighted by atomic mass is 10.0. The van der Waals surface area contributed by atoms with E-state index >= 15 is 0 Å². The Morgan fingerprint density at radius 2 is 2.00 bits per heavy atom. The third-order valence-electron chi connectivity index (χ3n) is 3.64. The van der Waals surface area contributed by atoms with Crippen molar-refractivity contribution in [3.05, 3.63) is 34.9 Å². The first-order valence-corrected chi connectivity index (χ1v) is 8.96. The lowest BCUT2D eigenvalue weighted by molar-refractivity contribution is 0.399. The molecule has 1 heterocycles. The molecule has 0 spiro atoms. The molecule has 1 fully saturated rings. The molecule has 2 N–H and O–H groups in total. The molecular formula is C14H21ClN2O2S. The van der Waals surface area contributed by atoms with Gasteiger partial charge in [-0.15, -0.1) is 0 Å². The van der Waals surface area contributed by atoms with Crippen molar-refractivity contribution in [3.63, 3.8) is 0 Å². The summed E-state index contributed by atoms with van der Waals surface area (Å²) in [4.78, 5) is 0. The maximum atomic E-state index is 12.2. The zero-order valence-corrected chi connectivity index (χ0v) is 13.2. The molecule has 6 heteroatoms. The van der Waals surface area contributed by atoms with Gasteiger partial charge in [0.15, 0.2) is 0 Å². The van der Waals surface area contributed by atoms with E-state index < -0.39 is 10.0 Å². The molecule has 1 saturated heterocycles. The highest BCUT2D eigenvalue weighted by atomic mass is 35.5. The highest BCUT2D eigenvalue weighted by Gasteiger charge is 2.23. The molecule has 20 heavy (non-hydrogen) atoms. The summed E-state index contributed by atoms with van der Waals surface area (Å²) in [6.45, 7) is 3.63. The van der Waals surface area contributed by atoms with Crippen LogP contribution in [0.25, 0.3) is 0 Å². The smallest absolute Gasteiger partial charge is 0.212 e. The third-order valence-corrected chi connectivity index (χ3v) is 5.61. The highest BCUT2D eigenvalue weighted by Crippen LogP contribution is 2.23. The van der Waals surface area contributed by atoms with E-state index in [0.717, 1.165) is 31.5 Å². The van der Waals surface area contributed by atoms with Crippen molar-refractivity contribution < 1.29 is 8.42 Å². The molecule has 2 rings (SSSR count). The van der Waals surface area contributed by atoms with Gasteiger partial charge in [-0.2, -0.15) is 0 Å². The number of benzene rings is 1. The predicted molar refractivity (Wildman–Crippen MR) is 82.4 cm³/mol. The van der Waals surface area contributed by atoms with Crippen LogP contribution in [0.1, 0.15) is 31.4 Å². The van der Waals surface area contributed by atoms with Gasteiger partial charge in [-0.05, 0) is 50.4 Å². The number of hydrogen-bond acceptors (Lipinski definition) is 3. The van der Waals surface area contributed by atoms with Crippen molar-refractivity contribution >= 4 is 21.6 Å². The quantitative estimate of drug-likeness (QED) is 0.876. The highest BCUT2D eigenvalue weighted by molar-refractivity contribution is 7.89. The van der Waals surface area contributed by atoms with E-state index in [1.807, 2.05) is 25.1 Å². The number of halogens is 1. The predicted octanol–water partition coefficient (Wildman–Crippen LogP) is 2.32. The van der Waals surface area contributed by atoms with Gasteiger partial charge in [-0.3, -0.25) is 0 Å². The first kappa shape index (κ1) is 15.8. The second-order valence-electron chi connectivity index (χ2n) is 5.34. The number of nitrogens with one attached hydrogen (secondary N) is 2. The first-order valence-electron chi connectivity index (χ1n) is 6.93. The van der Waals surface area contributed by atoms with E-state index in [9.17, 15) is 8.42 Å². The van der Waals surface area contributed by atoms with Gasteiger partial charge in [-0.1, -0.05) is 29.8 Å². The number of piperidine rings is 1. The summed E-state index contributed by atoms with van der Waals surface area (Å²) < 4.78 is 27.2. The molecule has 4 nitrogen and oxygen atoms in total. The average Bonchev–Trinajstić information content (AvgIpc) is 2.39. The topological polar surface area (TPSA) is 58.2 Å². The van der Waals surface area contributed by atoms with Crippen molar-refractivity contribution in [2.45, 2.75) is 25.8 Å². The van der Waals surface area contributed by atoms with Gasteiger partial charge in [0, 0.05) is 11.1 Å². The minimum absolute atomic E-state index is 0.198. The maximum Gasteiger partial charge on any atom is 0.212 e. The van der Waals surface area contributed by atoms with Gasteiger partial charge in [0.05, 0.1) is 5.75 Å². The summed E-state index contributed by atoms with van der Waals surface area (Å²) in [6.07, 6.45) is 1.84. The minimum Gasteiger partial charge on any atom is -0.317 e. The van der Waals surface area contributed by atoms with Gasteiger partial charge in [-0.25, -0.2) is 13.1 Å². The van der Waals surface area contributed by atoms with E-state index in [1.54, 1.807) is 6.07 Å². The van der Waals surface area contributed by atoms with Gasteiger partial charge >= 0.3 is 0 Å². The van der Waals surface area contributed by atoms with Crippen LogP contribution in [-0.2, 0) is 10.0 Å². The first-order chi connectivity index (χ1) is 9.48. The van der Waals surface area contributed by atoms with E-state index in [-0.39, 0.29) is 17.7 Å². The van der Waals surface area contributed by atoms with Gasteiger partial charge in [0.1, 0.15) is 0 Å². The summed E-state index contributed by atoms with van der Waals surface area (Å²) in [5.41, 5.74) is 0.808. The lowest BCUT2D eigenvalue weighted by Crippen LogP contribution is -2.36. The Morgan fingerprint density at radius 3 is 2.65 bits per heavy atom. The van der Waals surface area contributed by atoms with Crippen LogP contribution in [-0.4, -0.2) is 27.3 Å². The molecule has 112 valence electrons. The second-order valence-corrected chi connectivity index (χ2v) is 7.54. The van der Waals surface area contributed by atoms with E-state index in [4.69, 9.17) is 11.6 Å². The van der Waals surface area contributed by atoms with Crippen LogP contribution in [0.2, 0.25) is 5.02 Å². The summed E-state index contributed by atoms with van der Waals surface area (Å²) >= 11 is 6.10. The Balaban J connectivity index is 1.98. The molecule has 1 aliphatic heterocycles. The van der Waals surface area contributed by atoms with Crippen molar-refractivity contribution in [1.29, 1.82) is 0 Å². The van der Waals surface area contributed by atoms with Crippen molar-refractivity contribution in [2.24, 2.45) is 5.92 Å². The summed E-state index contributed by atoms with van der Waals surface area (Å²) in [7, 11) is -3.28. The van der Waals surface area contributed by atoms with Crippen molar-refractivity contribution in [1.82, 2.24) is 10.0 Å². The average molecular weight is 317 g/mol. The van der Waals surface area contributed by atoms with Crippen LogP contribution in [0.15, 0.2) is 24.3 Å². The molecule has 0 aromatic heterocycles. The Bertz CT molecular complexity index is 542. The van der Waals surface area contributed by atoms with E-state index in [1.165, 1.54) is 0 Å². The maximum absolute atomic E-state index is 12.2. The molecule has 1 unspecified atom stereocenters. The van der Waals surface area contributed by atoms with Gasteiger partial charge < -0.3 is 5.32 Å². The monoisotopic (exact) mass is 316 g/mol. The standard InChI is InChI=1S/C14H21ClN2O2S/c1-11(13-4-2-3-5-14(13)15)17-20(18,19)10-12-6-8-16-9-7-12/h2-5,11-12,16-17H,6-10H2,1H3. The SMILES string of the molecule is CC(NS(=O)(=O)CC1CCNCC1)c1ccccc1Cl. The fourth-order valence-corrected chi connectivity index (χ4v) is 4.58. The lowest BCUT2D eigenvalue weighted by Gasteiger charge is -2.23. The zero-order valence-electron chi connectivity index (χ0n) is 11.6. The van der Waals surface area contributed by atoms with E-state index in [2.05, 4.69) is 10.0 Å². The van der Waals surface area contributed by atoms with Crippen LogP contribution < -0.4 is 10.0 Å². The van der Waals surface area contributed by atoms with Gasteiger partial charge in [0.2, 0.25) is 10.0 Å². The van der Waals surface area contributed by atoms with Crippen molar-refractivity contribution in [3.8, 4) is 0 Å². The molecule has 0 amide bonds. The Labute approximate surface area is 126 Å². The molecule has 0 aliphatic carbocycles. The second kappa shape index (κ2) is 6.89. The van der Waals surface area contributed by atoms with Crippen LogP contribution in [0.3, 0.4) is 0 Å². The van der Waals surface area contributed by atoms with Crippen molar-refractivity contribution in [2.75, 3.05) is 18.8 Å². The molecule has 0 radical (unpaired) electrons. The minimum atomic E-state index is -3.28. The molecule has 1 aromatic carbocycles. The number of sulfonamides is 1. The molecule has 1 atom stereocenters. The summed E-state index contributed by atoms with van der Waals surface area (Å²) in [6, 6.07) is 7.01. The van der Waals surface area contributed by atoms with Crippen LogP contribution in [0.4, 0.5) is 0 Å². The van der Waals surface area contributed by atoms with E-state index in [0.29, 0.717) is 5.02 Å². The molecule has 1 aromatic rings. The number of rotatable bonds is 5. The fourth-order valence-electron chi connectivity index (χ4n) is 2.57. The largest absolute Gasteiger partial charge is 0.317 e. The molecular weight excluding hydrogens is 296 g/mol. The normalized spacial score (nSPS) is 18.9. The zero-order chi connectivity index (χ0) is 14.6.